The Morgan fingerprint density at radius 3 is 2.00 bits per heavy atom. The summed E-state index contributed by atoms with van der Waals surface area (Å²) in [6.45, 7) is 3.88. The standard InChI is InChI=1S/C14H18NO.F6P/c1-11-6-7-13(12(2)16)10-14(11)15-8-4-3-5-9-15;1-7(2,3,4,5)6/h3-5,8-9,13H,6-7,10H2,1-2H3;/q+1;-1. The topological polar surface area (TPSA) is 20.9 Å². The van der Waals surface area contributed by atoms with Gasteiger partial charge in [0.25, 0.3) is 0 Å². The van der Waals surface area contributed by atoms with Gasteiger partial charge >= 0.3 is 33.0 Å². The third-order valence-corrected chi connectivity index (χ3v) is 3.40. The normalized spacial score (nSPS) is 21.7. The van der Waals surface area contributed by atoms with Gasteiger partial charge in [-0.15, -0.1) is 0 Å². The summed E-state index contributed by atoms with van der Waals surface area (Å²) in [6, 6.07) is 6.06. The van der Waals surface area contributed by atoms with Crippen LogP contribution in [-0.2, 0) is 4.79 Å². The summed E-state index contributed by atoms with van der Waals surface area (Å²) in [4.78, 5) is 11.5. The van der Waals surface area contributed by atoms with Crippen molar-refractivity contribution in [3.63, 3.8) is 0 Å². The molecule has 0 saturated carbocycles. The average molecular weight is 361 g/mol. The van der Waals surface area contributed by atoms with Crippen molar-refractivity contribution in [3.8, 4) is 0 Å². The van der Waals surface area contributed by atoms with E-state index in [1.807, 2.05) is 18.2 Å². The summed E-state index contributed by atoms with van der Waals surface area (Å²) in [7, 11) is -10.7. The van der Waals surface area contributed by atoms with Crippen molar-refractivity contribution in [1.29, 1.82) is 0 Å². The molecule has 2 nitrogen and oxygen atoms in total. The number of hydrogen-bond acceptors (Lipinski definition) is 1. The van der Waals surface area contributed by atoms with Crippen molar-refractivity contribution < 1.29 is 34.5 Å². The van der Waals surface area contributed by atoms with Crippen LogP contribution in [-0.4, -0.2) is 5.78 Å². The molecule has 9 heteroatoms. The maximum absolute atomic E-state index is 11.5. The molecular weight excluding hydrogens is 343 g/mol. The molecule has 0 bridgehead atoms. The van der Waals surface area contributed by atoms with E-state index in [1.165, 1.54) is 11.3 Å². The fourth-order valence-electron chi connectivity index (χ4n) is 2.30. The van der Waals surface area contributed by atoms with Gasteiger partial charge in [0.2, 0.25) is 0 Å². The summed E-state index contributed by atoms with van der Waals surface area (Å²) in [5, 5.41) is 0. The summed E-state index contributed by atoms with van der Waals surface area (Å²) in [5.41, 5.74) is 2.71. The molecule has 1 aromatic heterocycles. The molecule has 132 valence electrons. The molecule has 1 unspecified atom stereocenters. The van der Waals surface area contributed by atoms with E-state index >= 15 is 0 Å². The van der Waals surface area contributed by atoms with Crippen molar-refractivity contribution >= 4 is 19.3 Å². The molecule has 1 heterocycles. The Balaban J connectivity index is 0.000000322. The number of hydrogen-bond donors (Lipinski definition) is 0. The van der Waals surface area contributed by atoms with Crippen LogP contribution in [0.15, 0.2) is 36.2 Å². The zero-order valence-corrected chi connectivity index (χ0v) is 13.6. The zero-order chi connectivity index (χ0) is 18.0. The maximum atomic E-state index is 11.5. The van der Waals surface area contributed by atoms with Crippen molar-refractivity contribution in [1.82, 2.24) is 0 Å². The first kappa shape index (κ1) is 19.6. The number of aromatic nitrogens is 1. The van der Waals surface area contributed by atoms with Crippen molar-refractivity contribution in [2.24, 2.45) is 5.92 Å². The molecule has 2 rings (SSSR count). The van der Waals surface area contributed by atoms with Gasteiger partial charge in [0.05, 0.1) is 0 Å². The first-order valence-electron chi connectivity index (χ1n) is 6.85. The van der Waals surface area contributed by atoms with Gasteiger partial charge in [0.1, 0.15) is 5.78 Å². The second-order valence-electron chi connectivity index (χ2n) is 5.52. The van der Waals surface area contributed by atoms with Gasteiger partial charge in [-0.1, -0.05) is 6.07 Å². The third-order valence-electron chi connectivity index (χ3n) is 3.40. The Kier molecular flexibility index (Phi) is 5.02. The predicted octanol–water partition coefficient (Wildman–Crippen LogP) is 5.98. The number of ketones is 1. The Morgan fingerprint density at radius 1 is 1.09 bits per heavy atom. The van der Waals surface area contributed by atoms with Crippen molar-refractivity contribution in [2.45, 2.75) is 33.1 Å². The molecule has 1 aromatic rings. The molecule has 0 amide bonds. The molecule has 0 aliphatic heterocycles. The molecule has 1 atom stereocenters. The van der Waals surface area contributed by atoms with E-state index in [0.717, 1.165) is 19.3 Å². The van der Waals surface area contributed by atoms with Gasteiger partial charge in [-0.3, -0.25) is 4.79 Å². The first-order valence-corrected chi connectivity index (χ1v) is 8.88. The van der Waals surface area contributed by atoms with Gasteiger partial charge < -0.3 is 0 Å². The third kappa shape index (κ3) is 9.33. The summed E-state index contributed by atoms with van der Waals surface area (Å²) < 4.78 is 61.3. The minimum atomic E-state index is -10.7. The minimum absolute atomic E-state index is 0.214. The number of rotatable bonds is 2. The van der Waals surface area contributed by atoms with Crippen LogP contribution in [0.1, 0.15) is 33.1 Å². The van der Waals surface area contributed by atoms with E-state index in [4.69, 9.17) is 0 Å². The van der Waals surface area contributed by atoms with Crippen LogP contribution in [0.3, 0.4) is 0 Å². The Morgan fingerprint density at radius 2 is 1.57 bits per heavy atom. The van der Waals surface area contributed by atoms with Crippen molar-refractivity contribution in [3.05, 3.63) is 36.2 Å². The number of nitrogens with zero attached hydrogens (tertiary/aromatic N) is 1. The first-order chi connectivity index (χ1) is 10.1. The molecule has 0 fully saturated rings. The second-order valence-corrected chi connectivity index (χ2v) is 7.44. The van der Waals surface area contributed by atoms with E-state index < -0.39 is 7.81 Å². The Bertz CT molecular complexity index is 597. The number of allylic oxidation sites excluding steroid dienone is 2. The van der Waals surface area contributed by atoms with Crippen LogP contribution in [0.4, 0.5) is 25.2 Å². The molecule has 1 aliphatic rings. The van der Waals surface area contributed by atoms with Gasteiger partial charge in [-0.2, -0.15) is 4.57 Å². The molecular formula is C14H18F6NOP. The van der Waals surface area contributed by atoms with Crippen LogP contribution in [0.5, 0.6) is 0 Å². The van der Waals surface area contributed by atoms with Crippen molar-refractivity contribution in [2.75, 3.05) is 0 Å². The van der Waals surface area contributed by atoms with Gasteiger partial charge in [-0.25, -0.2) is 0 Å². The number of pyridine rings is 1. The SMILES string of the molecule is CC(=O)C1CCC(C)=C([n+]2ccccc2)C1.F[P-](F)(F)(F)(F)F. The Hall–Kier alpha value is -1.43. The zero-order valence-electron chi connectivity index (χ0n) is 12.7. The van der Waals surface area contributed by atoms with E-state index in [1.54, 1.807) is 6.92 Å². The summed E-state index contributed by atoms with van der Waals surface area (Å²) >= 11 is 0. The molecule has 0 radical (unpaired) electrons. The quantitative estimate of drug-likeness (QED) is 0.361. The number of halogens is 6. The van der Waals surface area contributed by atoms with E-state index in [-0.39, 0.29) is 5.92 Å². The van der Waals surface area contributed by atoms with Crippen LogP contribution in [0.2, 0.25) is 0 Å². The van der Waals surface area contributed by atoms with E-state index in [2.05, 4.69) is 23.9 Å². The Labute approximate surface area is 130 Å². The summed E-state index contributed by atoms with van der Waals surface area (Å²) in [5.74, 6) is 0.535. The van der Waals surface area contributed by atoms with Crippen LogP contribution in [0, 0.1) is 5.92 Å². The average Bonchev–Trinajstić information content (AvgIpc) is 2.36. The fourth-order valence-corrected chi connectivity index (χ4v) is 2.30. The molecule has 0 saturated heterocycles. The van der Waals surface area contributed by atoms with E-state index in [9.17, 15) is 30.0 Å². The molecule has 1 aliphatic carbocycles. The van der Waals surface area contributed by atoms with Crippen LogP contribution < -0.4 is 4.57 Å². The van der Waals surface area contributed by atoms with Crippen LogP contribution >= 0.6 is 7.81 Å². The van der Waals surface area contributed by atoms with Gasteiger partial charge in [0, 0.05) is 24.5 Å². The van der Waals surface area contributed by atoms with Gasteiger partial charge in [-0.05, 0) is 32.3 Å². The fraction of sp³-hybridized carbons (Fsp3) is 0.429. The molecule has 23 heavy (non-hydrogen) atoms. The number of carbonyl (C=O) groups excluding carboxylic acids is 1. The second kappa shape index (κ2) is 5.89. The monoisotopic (exact) mass is 361 g/mol. The van der Waals surface area contributed by atoms with Gasteiger partial charge in [0.15, 0.2) is 18.1 Å². The molecule has 0 N–H and O–H groups in total. The molecule has 0 aromatic carbocycles. The number of Topliss-reactive ketones (excluding diaryl/α,β-unsaturated/α-hetero) is 1. The molecule has 0 spiro atoms. The van der Waals surface area contributed by atoms with E-state index in [0.29, 0.717) is 5.78 Å². The predicted molar refractivity (Wildman–Crippen MR) is 77.1 cm³/mol. The summed E-state index contributed by atoms with van der Waals surface area (Å²) in [6.07, 6.45) is 7.05. The number of carbonyl (C=O) groups is 1. The van der Waals surface area contributed by atoms with Crippen LogP contribution in [0.25, 0.3) is 5.70 Å².